The molecule has 102 valence electrons. The van der Waals surface area contributed by atoms with Gasteiger partial charge in [-0.15, -0.1) is 0 Å². The van der Waals surface area contributed by atoms with Gasteiger partial charge in [-0.25, -0.2) is 0 Å². The second-order valence-electron chi connectivity index (χ2n) is 5.95. The summed E-state index contributed by atoms with van der Waals surface area (Å²) in [6, 6.07) is 0.558. The maximum Gasteiger partial charge on any atom is 0.0218 e. The minimum absolute atomic E-state index is 0.558. The molecule has 0 aromatic heterocycles. The highest BCUT2D eigenvalue weighted by Crippen LogP contribution is 2.30. The summed E-state index contributed by atoms with van der Waals surface area (Å²) in [6.45, 7) is 8.91. The zero-order valence-electron chi connectivity index (χ0n) is 12.0. The molecule has 2 heteroatoms. The molecule has 0 aromatic rings. The summed E-state index contributed by atoms with van der Waals surface area (Å²) in [5.41, 5.74) is 5.94. The highest BCUT2D eigenvalue weighted by atomic mass is 14.9. The predicted molar refractivity (Wildman–Crippen MR) is 76.0 cm³/mol. The first-order valence-electron chi connectivity index (χ1n) is 7.64. The first kappa shape index (κ1) is 15.0. The van der Waals surface area contributed by atoms with Crippen molar-refractivity contribution in [1.82, 2.24) is 5.32 Å². The summed E-state index contributed by atoms with van der Waals surface area (Å²) in [5.74, 6) is 2.58. The van der Waals surface area contributed by atoms with Crippen LogP contribution in [-0.4, -0.2) is 19.1 Å². The zero-order valence-corrected chi connectivity index (χ0v) is 12.0. The molecule has 2 nitrogen and oxygen atoms in total. The lowest BCUT2D eigenvalue weighted by Crippen LogP contribution is -2.45. The number of hydrogen-bond donors (Lipinski definition) is 2. The Kier molecular flexibility index (Phi) is 7.14. The summed E-state index contributed by atoms with van der Waals surface area (Å²) < 4.78 is 0. The van der Waals surface area contributed by atoms with E-state index in [1.54, 1.807) is 0 Å². The van der Waals surface area contributed by atoms with Gasteiger partial charge in [-0.05, 0) is 37.1 Å². The van der Waals surface area contributed by atoms with E-state index in [0.717, 1.165) is 30.8 Å². The molecule has 0 amide bonds. The van der Waals surface area contributed by atoms with E-state index in [1.165, 1.54) is 38.5 Å². The quantitative estimate of drug-likeness (QED) is 0.717. The highest BCUT2D eigenvalue weighted by Gasteiger charge is 2.25. The van der Waals surface area contributed by atoms with Crippen LogP contribution in [0.5, 0.6) is 0 Å². The van der Waals surface area contributed by atoms with Gasteiger partial charge in [-0.1, -0.05) is 46.5 Å². The first-order valence-corrected chi connectivity index (χ1v) is 7.64. The molecule has 1 saturated carbocycles. The van der Waals surface area contributed by atoms with E-state index in [0.29, 0.717) is 6.04 Å². The predicted octanol–water partition coefficient (Wildman–Crippen LogP) is 3.17. The first-order chi connectivity index (χ1) is 8.21. The maximum absolute atomic E-state index is 5.94. The summed E-state index contributed by atoms with van der Waals surface area (Å²) in [7, 11) is 0. The van der Waals surface area contributed by atoms with E-state index < -0.39 is 0 Å². The zero-order chi connectivity index (χ0) is 12.7. The molecule has 1 fully saturated rings. The Bertz CT molecular complexity index is 181. The van der Waals surface area contributed by atoms with Gasteiger partial charge in [0.2, 0.25) is 0 Å². The van der Waals surface area contributed by atoms with Crippen LogP contribution in [0.4, 0.5) is 0 Å². The Balaban J connectivity index is 2.32. The van der Waals surface area contributed by atoms with Gasteiger partial charge < -0.3 is 11.1 Å². The highest BCUT2D eigenvalue weighted by molar-refractivity contribution is 4.82. The van der Waals surface area contributed by atoms with Crippen molar-refractivity contribution in [2.24, 2.45) is 23.5 Å². The van der Waals surface area contributed by atoms with Gasteiger partial charge in [0, 0.05) is 12.6 Å². The molecule has 1 unspecified atom stereocenters. The fourth-order valence-corrected chi connectivity index (χ4v) is 3.03. The van der Waals surface area contributed by atoms with Crippen molar-refractivity contribution in [2.75, 3.05) is 13.1 Å². The third-order valence-corrected chi connectivity index (χ3v) is 4.71. The summed E-state index contributed by atoms with van der Waals surface area (Å²) in [4.78, 5) is 0. The average Bonchev–Trinajstić information content (AvgIpc) is 2.36. The SMILES string of the molecule is CCC(CC)CNC(CN)C1CCC(C)CC1. The average molecular weight is 240 g/mol. The van der Waals surface area contributed by atoms with Crippen molar-refractivity contribution in [3.8, 4) is 0 Å². The summed E-state index contributed by atoms with van der Waals surface area (Å²) in [5, 5.41) is 3.73. The van der Waals surface area contributed by atoms with Gasteiger partial charge in [0.05, 0.1) is 0 Å². The van der Waals surface area contributed by atoms with Crippen molar-refractivity contribution in [1.29, 1.82) is 0 Å². The molecule has 0 radical (unpaired) electrons. The van der Waals surface area contributed by atoms with Crippen LogP contribution in [0.3, 0.4) is 0 Å². The van der Waals surface area contributed by atoms with Crippen LogP contribution in [0.15, 0.2) is 0 Å². The molecule has 1 aliphatic carbocycles. The lowest BCUT2D eigenvalue weighted by atomic mass is 9.79. The molecule has 3 N–H and O–H groups in total. The monoisotopic (exact) mass is 240 g/mol. The summed E-state index contributed by atoms with van der Waals surface area (Å²) >= 11 is 0. The fraction of sp³-hybridized carbons (Fsp3) is 1.00. The van der Waals surface area contributed by atoms with Crippen LogP contribution in [0.2, 0.25) is 0 Å². The van der Waals surface area contributed by atoms with E-state index in [-0.39, 0.29) is 0 Å². The molecule has 0 bridgehead atoms. The molecule has 1 atom stereocenters. The Hall–Kier alpha value is -0.0800. The van der Waals surface area contributed by atoms with Gasteiger partial charge in [0.1, 0.15) is 0 Å². The van der Waals surface area contributed by atoms with Gasteiger partial charge in [-0.3, -0.25) is 0 Å². The third-order valence-electron chi connectivity index (χ3n) is 4.71. The standard InChI is InChI=1S/C15H32N2/c1-4-13(5-2)11-17-15(10-16)14-8-6-12(3)7-9-14/h12-15,17H,4-11,16H2,1-3H3. The molecular weight excluding hydrogens is 208 g/mol. The van der Waals surface area contributed by atoms with Crippen LogP contribution in [0.1, 0.15) is 59.3 Å². The Labute approximate surface area is 108 Å². The van der Waals surface area contributed by atoms with Gasteiger partial charge in [0.15, 0.2) is 0 Å². The lowest BCUT2D eigenvalue weighted by Gasteiger charge is -2.33. The van der Waals surface area contributed by atoms with E-state index >= 15 is 0 Å². The molecule has 17 heavy (non-hydrogen) atoms. The second-order valence-corrected chi connectivity index (χ2v) is 5.95. The molecular formula is C15H32N2. The minimum atomic E-state index is 0.558. The molecule has 0 aliphatic heterocycles. The van der Waals surface area contributed by atoms with Crippen LogP contribution in [0.25, 0.3) is 0 Å². The van der Waals surface area contributed by atoms with Crippen molar-refractivity contribution in [3.63, 3.8) is 0 Å². The normalized spacial score (nSPS) is 27.4. The van der Waals surface area contributed by atoms with Gasteiger partial charge >= 0.3 is 0 Å². The van der Waals surface area contributed by atoms with Gasteiger partial charge in [0.25, 0.3) is 0 Å². The molecule has 0 spiro atoms. The second kappa shape index (κ2) is 8.10. The topological polar surface area (TPSA) is 38.0 Å². The number of hydrogen-bond acceptors (Lipinski definition) is 2. The molecule has 0 saturated heterocycles. The fourth-order valence-electron chi connectivity index (χ4n) is 3.03. The van der Waals surface area contributed by atoms with E-state index in [4.69, 9.17) is 5.73 Å². The van der Waals surface area contributed by atoms with Crippen LogP contribution in [0, 0.1) is 17.8 Å². The largest absolute Gasteiger partial charge is 0.329 e. The number of nitrogens with one attached hydrogen (secondary N) is 1. The van der Waals surface area contributed by atoms with Crippen molar-refractivity contribution >= 4 is 0 Å². The maximum atomic E-state index is 5.94. The Morgan fingerprint density at radius 1 is 1.12 bits per heavy atom. The van der Waals surface area contributed by atoms with E-state index in [9.17, 15) is 0 Å². The molecule has 1 rings (SSSR count). The Morgan fingerprint density at radius 3 is 2.18 bits per heavy atom. The number of nitrogens with two attached hydrogens (primary N) is 1. The van der Waals surface area contributed by atoms with Crippen molar-refractivity contribution in [3.05, 3.63) is 0 Å². The summed E-state index contributed by atoms with van der Waals surface area (Å²) in [6.07, 6.45) is 8.10. The molecule has 0 aromatic carbocycles. The van der Waals surface area contributed by atoms with E-state index in [1.807, 2.05) is 0 Å². The van der Waals surface area contributed by atoms with Crippen LogP contribution >= 0.6 is 0 Å². The smallest absolute Gasteiger partial charge is 0.0218 e. The van der Waals surface area contributed by atoms with Crippen molar-refractivity contribution < 1.29 is 0 Å². The van der Waals surface area contributed by atoms with Crippen LogP contribution < -0.4 is 11.1 Å². The lowest BCUT2D eigenvalue weighted by molar-refractivity contribution is 0.226. The molecule has 1 aliphatic rings. The number of rotatable bonds is 7. The van der Waals surface area contributed by atoms with Crippen LogP contribution in [-0.2, 0) is 0 Å². The molecule has 0 heterocycles. The van der Waals surface area contributed by atoms with Crippen molar-refractivity contribution in [2.45, 2.75) is 65.3 Å². The third kappa shape index (κ3) is 4.97. The van der Waals surface area contributed by atoms with Gasteiger partial charge in [-0.2, -0.15) is 0 Å². The van der Waals surface area contributed by atoms with E-state index in [2.05, 4.69) is 26.1 Å². The Morgan fingerprint density at radius 2 is 1.71 bits per heavy atom. The minimum Gasteiger partial charge on any atom is -0.329 e.